The van der Waals surface area contributed by atoms with E-state index in [9.17, 15) is 4.79 Å². The fourth-order valence-electron chi connectivity index (χ4n) is 1.62. The number of amides is 1. The summed E-state index contributed by atoms with van der Waals surface area (Å²) in [6.45, 7) is 5.42. The molecule has 19 heavy (non-hydrogen) atoms. The highest BCUT2D eigenvalue weighted by Crippen LogP contribution is 2.00. The number of carbonyl (C=O) groups is 1. The summed E-state index contributed by atoms with van der Waals surface area (Å²) < 4.78 is 4.85. The highest BCUT2D eigenvalue weighted by molar-refractivity contribution is 5.92. The van der Waals surface area contributed by atoms with E-state index in [1.165, 1.54) is 0 Å². The molecule has 0 fully saturated rings. The lowest BCUT2D eigenvalue weighted by molar-refractivity contribution is 0.0944. The Morgan fingerprint density at radius 1 is 1.32 bits per heavy atom. The van der Waals surface area contributed by atoms with Crippen LogP contribution in [0, 0.1) is 6.92 Å². The van der Waals surface area contributed by atoms with Crippen LogP contribution < -0.4 is 10.6 Å². The number of nitrogens with one attached hydrogen (secondary N) is 2. The number of carbonyl (C=O) groups excluding carboxylic acids is 1. The van der Waals surface area contributed by atoms with Gasteiger partial charge in [-0.1, -0.05) is 5.16 Å². The van der Waals surface area contributed by atoms with E-state index in [0.717, 1.165) is 32.5 Å². The molecule has 1 amide bonds. The molecular formula is C13H24N4O2. The molecule has 0 unspecified atom stereocenters. The van der Waals surface area contributed by atoms with E-state index in [0.29, 0.717) is 18.0 Å². The summed E-state index contributed by atoms with van der Waals surface area (Å²) in [5, 5.41) is 9.82. The van der Waals surface area contributed by atoms with E-state index in [-0.39, 0.29) is 5.91 Å². The van der Waals surface area contributed by atoms with Gasteiger partial charge in [0.05, 0.1) is 0 Å². The molecule has 0 aromatic carbocycles. The number of aryl methyl sites for hydroxylation is 1. The van der Waals surface area contributed by atoms with Gasteiger partial charge in [-0.05, 0) is 53.5 Å². The molecule has 1 rings (SSSR count). The first-order valence-corrected chi connectivity index (χ1v) is 6.66. The Morgan fingerprint density at radius 3 is 2.68 bits per heavy atom. The second kappa shape index (κ2) is 8.66. The molecule has 0 spiro atoms. The van der Waals surface area contributed by atoms with Crippen LogP contribution in [0.25, 0.3) is 0 Å². The van der Waals surface area contributed by atoms with Gasteiger partial charge in [0, 0.05) is 12.6 Å². The topological polar surface area (TPSA) is 70.4 Å². The molecule has 108 valence electrons. The minimum Gasteiger partial charge on any atom is -0.361 e. The Hall–Kier alpha value is -1.40. The molecule has 6 heteroatoms. The number of hydrogen-bond acceptors (Lipinski definition) is 5. The van der Waals surface area contributed by atoms with Crippen molar-refractivity contribution in [2.45, 2.75) is 19.8 Å². The first-order chi connectivity index (χ1) is 9.09. The van der Waals surface area contributed by atoms with E-state index in [4.69, 9.17) is 4.52 Å². The molecule has 0 aliphatic heterocycles. The molecule has 0 saturated carbocycles. The Balaban J connectivity index is 1.98. The fraction of sp³-hybridized carbons (Fsp3) is 0.692. The molecule has 0 radical (unpaired) electrons. The standard InChI is InChI=1S/C13H24N4O2/c1-11-10-12(16-19-11)13(18)15-8-4-6-14-7-5-9-17(2)3/h10,14H,4-9H2,1-3H3,(H,15,18). The maximum atomic E-state index is 11.6. The maximum absolute atomic E-state index is 11.6. The van der Waals surface area contributed by atoms with Crippen LogP contribution in [0.3, 0.4) is 0 Å². The summed E-state index contributed by atoms with van der Waals surface area (Å²) in [6, 6.07) is 1.63. The molecule has 0 saturated heterocycles. The van der Waals surface area contributed by atoms with E-state index in [2.05, 4.69) is 34.8 Å². The quantitative estimate of drug-likeness (QED) is 0.643. The Labute approximate surface area is 114 Å². The van der Waals surface area contributed by atoms with E-state index >= 15 is 0 Å². The normalized spacial score (nSPS) is 10.9. The largest absolute Gasteiger partial charge is 0.361 e. The van der Waals surface area contributed by atoms with E-state index in [1.807, 2.05) is 0 Å². The molecule has 2 N–H and O–H groups in total. The van der Waals surface area contributed by atoms with Crippen LogP contribution in [0.2, 0.25) is 0 Å². The smallest absolute Gasteiger partial charge is 0.273 e. The van der Waals surface area contributed by atoms with Crippen molar-refractivity contribution in [1.29, 1.82) is 0 Å². The number of nitrogens with zero attached hydrogens (tertiary/aromatic N) is 2. The zero-order chi connectivity index (χ0) is 14.1. The summed E-state index contributed by atoms with van der Waals surface area (Å²) >= 11 is 0. The third kappa shape index (κ3) is 6.93. The highest BCUT2D eigenvalue weighted by Gasteiger charge is 2.09. The van der Waals surface area contributed by atoms with Gasteiger partial charge in [-0.25, -0.2) is 0 Å². The minimum atomic E-state index is -0.176. The van der Waals surface area contributed by atoms with Crippen molar-refractivity contribution in [2.24, 2.45) is 0 Å². The van der Waals surface area contributed by atoms with Gasteiger partial charge in [0.15, 0.2) is 5.69 Å². The third-order valence-corrected chi connectivity index (χ3v) is 2.64. The first kappa shape index (κ1) is 15.7. The van der Waals surface area contributed by atoms with Crippen molar-refractivity contribution in [3.63, 3.8) is 0 Å². The predicted molar refractivity (Wildman–Crippen MR) is 74.2 cm³/mol. The number of rotatable bonds is 9. The Kier molecular flexibility index (Phi) is 7.14. The van der Waals surface area contributed by atoms with Gasteiger partial charge in [0.2, 0.25) is 0 Å². The van der Waals surface area contributed by atoms with Gasteiger partial charge >= 0.3 is 0 Å². The molecule has 6 nitrogen and oxygen atoms in total. The van der Waals surface area contributed by atoms with Gasteiger partial charge in [0.25, 0.3) is 5.91 Å². The monoisotopic (exact) mass is 268 g/mol. The molecule has 0 aliphatic rings. The van der Waals surface area contributed by atoms with Crippen LogP contribution in [0.4, 0.5) is 0 Å². The Morgan fingerprint density at radius 2 is 2.05 bits per heavy atom. The van der Waals surface area contributed by atoms with Crippen molar-refractivity contribution < 1.29 is 9.32 Å². The van der Waals surface area contributed by atoms with Crippen LogP contribution in [0.1, 0.15) is 29.1 Å². The van der Waals surface area contributed by atoms with Gasteiger partial charge in [-0.2, -0.15) is 0 Å². The average Bonchev–Trinajstić information content (AvgIpc) is 2.78. The van der Waals surface area contributed by atoms with Crippen LogP contribution in [0.5, 0.6) is 0 Å². The lowest BCUT2D eigenvalue weighted by Crippen LogP contribution is -2.28. The summed E-state index contributed by atoms with van der Waals surface area (Å²) in [4.78, 5) is 13.8. The first-order valence-electron chi connectivity index (χ1n) is 6.66. The van der Waals surface area contributed by atoms with Gasteiger partial charge < -0.3 is 20.1 Å². The molecule has 1 aromatic rings. The third-order valence-electron chi connectivity index (χ3n) is 2.64. The summed E-state index contributed by atoms with van der Waals surface area (Å²) in [7, 11) is 4.14. The van der Waals surface area contributed by atoms with Crippen LogP contribution in [-0.2, 0) is 0 Å². The van der Waals surface area contributed by atoms with Crippen molar-refractivity contribution in [2.75, 3.05) is 40.3 Å². The second-order valence-electron chi connectivity index (χ2n) is 4.84. The van der Waals surface area contributed by atoms with Crippen molar-refractivity contribution >= 4 is 5.91 Å². The molecule has 1 heterocycles. The maximum Gasteiger partial charge on any atom is 0.273 e. The lowest BCUT2D eigenvalue weighted by Gasteiger charge is -2.09. The summed E-state index contributed by atoms with van der Waals surface area (Å²) in [5.74, 6) is 0.470. The van der Waals surface area contributed by atoms with Crippen LogP contribution in [-0.4, -0.2) is 56.2 Å². The predicted octanol–water partition coefficient (Wildman–Crippen LogP) is 0.644. The van der Waals surface area contributed by atoms with Crippen molar-refractivity contribution in [1.82, 2.24) is 20.7 Å². The van der Waals surface area contributed by atoms with Gasteiger partial charge in [-0.15, -0.1) is 0 Å². The number of aromatic nitrogens is 1. The van der Waals surface area contributed by atoms with Crippen LogP contribution in [0.15, 0.2) is 10.6 Å². The average molecular weight is 268 g/mol. The van der Waals surface area contributed by atoms with Gasteiger partial charge in [0.1, 0.15) is 5.76 Å². The van der Waals surface area contributed by atoms with E-state index < -0.39 is 0 Å². The second-order valence-corrected chi connectivity index (χ2v) is 4.84. The molecule has 0 aliphatic carbocycles. The molecule has 1 aromatic heterocycles. The summed E-state index contributed by atoms with van der Waals surface area (Å²) in [5.41, 5.74) is 0.344. The number of hydrogen-bond donors (Lipinski definition) is 2. The SMILES string of the molecule is Cc1cc(C(=O)NCCCNCCCN(C)C)no1. The minimum absolute atomic E-state index is 0.176. The van der Waals surface area contributed by atoms with Crippen molar-refractivity contribution in [3.05, 3.63) is 17.5 Å². The van der Waals surface area contributed by atoms with Crippen molar-refractivity contribution in [3.8, 4) is 0 Å². The lowest BCUT2D eigenvalue weighted by atomic mass is 10.3. The zero-order valence-electron chi connectivity index (χ0n) is 12.0. The zero-order valence-corrected chi connectivity index (χ0v) is 12.0. The van der Waals surface area contributed by atoms with Crippen LogP contribution >= 0.6 is 0 Å². The Bertz CT molecular complexity index is 376. The fourth-order valence-corrected chi connectivity index (χ4v) is 1.62. The van der Waals surface area contributed by atoms with E-state index in [1.54, 1.807) is 13.0 Å². The molecule has 0 atom stereocenters. The highest BCUT2D eigenvalue weighted by atomic mass is 16.5. The van der Waals surface area contributed by atoms with Gasteiger partial charge in [-0.3, -0.25) is 4.79 Å². The molecule has 0 bridgehead atoms. The summed E-state index contributed by atoms with van der Waals surface area (Å²) in [6.07, 6.45) is 2.04. The molecular weight excluding hydrogens is 244 g/mol.